The maximum Gasteiger partial charge on any atom is 0.0426 e. The van der Waals surface area contributed by atoms with Gasteiger partial charge in [-0.3, -0.25) is 0 Å². The fourth-order valence-electron chi connectivity index (χ4n) is 1.98. The third kappa shape index (κ3) is 3.89. The predicted molar refractivity (Wildman–Crippen MR) is 81.6 cm³/mol. The van der Waals surface area contributed by atoms with Gasteiger partial charge in [0.25, 0.3) is 0 Å². The maximum absolute atomic E-state index is 6.12. The van der Waals surface area contributed by atoms with E-state index in [2.05, 4.69) is 38.8 Å². The minimum Gasteiger partial charge on any atom is -0.372 e. The normalized spacial score (nSPS) is 14.3. The average Bonchev–Trinajstić information content (AvgIpc) is 2.38. The van der Waals surface area contributed by atoms with E-state index in [0.717, 1.165) is 24.3 Å². The second-order valence-electron chi connectivity index (χ2n) is 5.01. The molecule has 0 heterocycles. The van der Waals surface area contributed by atoms with E-state index in [9.17, 15) is 0 Å². The van der Waals surface area contributed by atoms with Crippen molar-refractivity contribution in [1.82, 2.24) is 0 Å². The van der Waals surface area contributed by atoms with Crippen molar-refractivity contribution in [3.8, 4) is 0 Å². The van der Waals surface area contributed by atoms with E-state index in [-0.39, 0.29) is 6.04 Å². The Bertz CT molecular complexity index is 379. The topological polar surface area (TPSA) is 29.3 Å². The van der Waals surface area contributed by atoms with Crippen molar-refractivity contribution >= 4 is 17.3 Å². The minimum atomic E-state index is 0.218. The van der Waals surface area contributed by atoms with Gasteiger partial charge in [-0.05, 0) is 43.9 Å². The number of nitrogens with zero attached hydrogens (tertiary/aromatic N) is 1. The van der Waals surface area contributed by atoms with E-state index in [1.54, 1.807) is 0 Å². The lowest BCUT2D eigenvalue weighted by Crippen LogP contribution is -2.30. The molecule has 2 atom stereocenters. The average molecular weight is 269 g/mol. The molecule has 0 spiro atoms. The van der Waals surface area contributed by atoms with E-state index in [0.29, 0.717) is 6.04 Å². The lowest BCUT2D eigenvalue weighted by molar-refractivity contribution is 0.633. The molecule has 2 unspecified atom stereocenters. The molecule has 1 aromatic rings. The number of hydrogen-bond acceptors (Lipinski definition) is 2. The zero-order valence-electron chi connectivity index (χ0n) is 11.9. The Morgan fingerprint density at radius 1 is 1.28 bits per heavy atom. The van der Waals surface area contributed by atoms with Crippen molar-refractivity contribution in [2.75, 3.05) is 11.9 Å². The first-order valence-corrected chi connectivity index (χ1v) is 7.14. The summed E-state index contributed by atoms with van der Waals surface area (Å²) in [4.78, 5) is 2.30. The Morgan fingerprint density at radius 2 is 1.94 bits per heavy atom. The Balaban J connectivity index is 3.03. The van der Waals surface area contributed by atoms with Gasteiger partial charge in [0.05, 0.1) is 0 Å². The highest BCUT2D eigenvalue weighted by Gasteiger charge is 2.14. The van der Waals surface area contributed by atoms with Gasteiger partial charge in [0.15, 0.2) is 0 Å². The molecule has 1 aromatic carbocycles. The first kappa shape index (κ1) is 15.3. The molecule has 102 valence electrons. The van der Waals surface area contributed by atoms with Gasteiger partial charge in [-0.2, -0.15) is 0 Å². The van der Waals surface area contributed by atoms with E-state index >= 15 is 0 Å². The standard InChI is InChI=1S/C15H25ClN2/c1-5-11(3)18(4)15-10-13(16)8-7-12(15)9-14(17)6-2/h7-8,10-11,14H,5-6,9,17H2,1-4H3. The van der Waals surface area contributed by atoms with Crippen LogP contribution in [0.25, 0.3) is 0 Å². The van der Waals surface area contributed by atoms with Crippen molar-refractivity contribution in [2.24, 2.45) is 5.73 Å². The van der Waals surface area contributed by atoms with Crippen LogP contribution in [-0.4, -0.2) is 19.1 Å². The number of hydrogen-bond donors (Lipinski definition) is 1. The largest absolute Gasteiger partial charge is 0.372 e. The molecule has 2 N–H and O–H groups in total. The number of anilines is 1. The lowest BCUT2D eigenvalue weighted by atomic mass is 10.0. The third-order valence-electron chi connectivity index (χ3n) is 3.69. The van der Waals surface area contributed by atoms with Crippen LogP contribution in [0.15, 0.2) is 18.2 Å². The molecule has 0 fully saturated rings. The first-order chi connectivity index (χ1) is 8.49. The SMILES string of the molecule is CCC(N)Cc1ccc(Cl)cc1N(C)C(C)CC. The number of rotatable bonds is 6. The molecule has 3 heteroatoms. The summed E-state index contributed by atoms with van der Waals surface area (Å²) >= 11 is 6.12. The zero-order chi connectivity index (χ0) is 13.7. The quantitative estimate of drug-likeness (QED) is 0.849. The van der Waals surface area contributed by atoms with Gasteiger partial charge in [-0.25, -0.2) is 0 Å². The van der Waals surface area contributed by atoms with Crippen LogP contribution in [0.4, 0.5) is 5.69 Å². The van der Waals surface area contributed by atoms with Crippen molar-refractivity contribution in [2.45, 2.75) is 52.1 Å². The summed E-state index contributed by atoms with van der Waals surface area (Å²) in [5, 5.41) is 0.786. The lowest BCUT2D eigenvalue weighted by Gasteiger charge is -2.29. The molecule has 0 aromatic heterocycles. The fourth-order valence-corrected chi connectivity index (χ4v) is 2.14. The van der Waals surface area contributed by atoms with Crippen molar-refractivity contribution in [1.29, 1.82) is 0 Å². The van der Waals surface area contributed by atoms with Gasteiger partial charge >= 0.3 is 0 Å². The van der Waals surface area contributed by atoms with Crippen LogP contribution >= 0.6 is 11.6 Å². The summed E-state index contributed by atoms with van der Waals surface area (Å²) in [6.07, 6.45) is 3.02. The first-order valence-electron chi connectivity index (χ1n) is 6.76. The van der Waals surface area contributed by atoms with Gasteiger partial charge in [0.1, 0.15) is 0 Å². The number of nitrogens with two attached hydrogens (primary N) is 1. The molecule has 18 heavy (non-hydrogen) atoms. The van der Waals surface area contributed by atoms with Crippen molar-refractivity contribution in [3.05, 3.63) is 28.8 Å². The van der Waals surface area contributed by atoms with Crippen molar-refractivity contribution < 1.29 is 0 Å². The zero-order valence-corrected chi connectivity index (χ0v) is 12.7. The molecule has 0 bridgehead atoms. The van der Waals surface area contributed by atoms with E-state index in [4.69, 9.17) is 17.3 Å². The van der Waals surface area contributed by atoms with E-state index < -0.39 is 0 Å². The Morgan fingerprint density at radius 3 is 2.50 bits per heavy atom. The predicted octanol–water partition coefficient (Wildman–Crippen LogP) is 3.85. The molecule has 0 saturated carbocycles. The van der Waals surface area contributed by atoms with Gasteiger partial charge < -0.3 is 10.6 Å². The number of benzene rings is 1. The Kier molecular flexibility index (Phi) is 5.97. The smallest absolute Gasteiger partial charge is 0.0426 e. The fraction of sp³-hybridized carbons (Fsp3) is 0.600. The second kappa shape index (κ2) is 7.01. The molecule has 0 amide bonds. The second-order valence-corrected chi connectivity index (χ2v) is 5.45. The number of halogens is 1. The highest BCUT2D eigenvalue weighted by molar-refractivity contribution is 6.30. The molecule has 0 aliphatic carbocycles. The maximum atomic E-state index is 6.12. The Labute approximate surface area is 116 Å². The molecule has 0 aliphatic heterocycles. The molecule has 2 nitrogen and oxygen atoms in total. The van der Waals surface area contributed by atoms with Crippen LogP contribution in [-0.2, 0) is 6.42 Å². The molecular weight excluding hydrogens is 244 g/mol. The van der Waals surface area contributed by atoms with Gasteiger partial charge in [-0.15, -0.1) is 0 Å². The molecule has 0 aliphatic rings. The monoisotopic (exact) mass is 268 g/mol. The third-order valence-corrected chi connectivity index (χ3v) is 3.92. The summed E-state index contributed by atoms with van der Waals surface area (Å²) in [7, 11) is 2.13. The summed E-state index contributed by atoms with van der Waals surface area (Å²) in [5.74, 6) is 0. The van der Waals surface area contributed by atoms with E-state index in [1.807, 2.05) is 12.1 Å². The highest BCUT2D eigenvalue weighted by atomic mass is 35.5. The molecule has 0 saturated heterocycles. The summed E-state index contributed by atoms with van der Waals surface area (Å²) in [6.45, 7) is 6.55. The van der Waals surface area contributed by atoms with Gasteiger partial charge in [-0.1, -0.05) is 31.5 Å². The van der Waals surface area contributed by atoms with Crippen LogP contribution in [0.1, 0.15) is 39.2 Å². The van der Waals surface area contributed by atoms with Crippen LogP contribution in [0.3, 0.4) is 0 Å². The van der Waals surface area contributed by atoms with Gasteiger partial charge in [0, 0.05) is 29.8 Å². The van der Waals surface area contributed by atoms with Crippen LogP contribution in [0.5, 0.6) is 0 Å². The molecule has 0 radical (unpaired) electrons. The van der Waals surface area contributed by atoms with E-state index in [1.165, 1.54) is 11.3 Å². The minimum absolute atomic E-state index is 0.218. The van der Waals surface area contributed by atoms with Crippen molar-refractivity contribution in [3.63, 3.8) is 0 Å². The van der Waals surface area contributed by atoms with Crippen LogP contribution < -0.4 is 10.6 Å². The highest BCUT2D eigenvalue weighted by Crippen LogP contribution is 2.27. The molecule has 1 rings (SSSR count). The summed E-state index contributed by atoms with van der Waals surface area (Å²) in [5.41, 5.74) is 8.57. The summed E-state index contributed by atoms with van der Waals surface area (Å²) in [6, 6.07) is 6.82. The summed E-state index contributed by atoms with van der Waals surface area (Å²) < 4.78 is 0. The molecular formula is C15H25ClN2. The van der Waals surface area contributed by atoms with Gasteiger partial charge in [0.2, 0.25) is 0 Å². The van der Waals surface area contributed by atoms with Crippen LogP contribution in [0.2, 0.25) is 5.02 Å². The van der Waals surface area contributed by atoms with Crippen LogP contribution in [0, 0.1) is 0 Å². The Hall–Kier alpha value is -0.730.